The van der Waals surface area contributed by atoms with Crippen LogP contribution in [-0.4, -0.2) is 11.1 Å². The average Bonchev–Trinajstić information content (AvgIpc) is 2.32. The largest absolute Gasteiger partial charge is 0.478 e. The molecule has 2 heteroatoms. The average molecular weight is 270 g/mol. The molecule has 0 amide bonds. The summed E-state index contributed by atoms with van der Waals surface area (Å²) in [5.41, 5.74) is 0.813. The summed E-state index contributed by atoms with van der Waals surface area (Å²) in [5.74, 6) is -0.875. The van der Waals surface area contributed by atoms with Gasteiger partial charge in [-0.1, -0.05) is 83.6 Å². The molecule has 0 fully saturated rings. The van der Waals surface area contributed by atoms with E-state index in [0.717, 1.165) is 5.57 Å². The maximum absolute atomic E-state index is 9.73. The molecule has 0 spiro atoms. The van der Waals surface area contributed by atoms with Gasteiger partial charge in [-0.25, -0.2) is 4.79 Å². The SMILES string of the molecule is CC(C)=CC(=O)O.CCCCCCCCCCCC. The molecule has 1 N–H and O–H groups in total. The number of hydrogen-bond donors (Lipinski definition) is 1. The summed E-state index contributed by atoms with van der Waals surface area (Å²) in [4.78, 5) is 9.73. The topological polar surface area (TPSA) is 37.3 Å². The van der Waals surface area contributed by atoms with Crippen molar-refractivity contribution in [2.45, 2.75) is 91.9 Å². The minimum Gasteiger partial charge on any atom is -0.478 e. The van der Waals surface area contributed by atoms with Crippen LogP contribution >= 0.6 is 0 Å². The zero-order chi connectivity index (χ0) is 14.9. The van der Waals surface area contributed by atoms with Crippen LogP contribution in [0.3, 0.4) is 0 Å². The highest BCUT2D eigenvalue weighted by Gasteiger charge is 1.90. The second kappa shape index (κ2) is 17.2. The van der Waals surface area contributed by atoms with Crippen LogP contribution in [0.4, 0.5) is 0 Å². The molecule has 0 rings (SSSR count). The molecule has 19 heavy (non-hydrogen) atoms. The first-order chi connectivity index (χ1) is 9.04. The van der Waals surface area contributed by atoms with Crippen molar-refractivity contribution in [2.24, 2.45) is 0 Å². The van der Waals surface area contributed by atoms with Gasteiger partial charge in [0.15, 0.2) is 0 Å². The number of carboxylic acid groups (broad SMARTS) is 1. The summed E-state index contributed by atoms with van der Waals surface area (Å²) < 4.78 is 0. The van der Waals surface area contributed by atoms with E-state index in [1.165, 1.54) is 70.3 Å². The molecule has 0 aromatic rings. The number of hydrogen-bond acceptors (Lipinski definition) is 1. The lowest BCUT2D eigenvalue weighted by atomic mass is 10.1. The summed E-state index contributed by atoms with van der Waals surface area (Å²) in [6.45, 7) is 8.05. The standard InChI is InChI=1S/C12H26.C5H8O2/c1-3-5-7-9-11-12-10-8-6-4-2;1-4(2)3-5(6)7/h3-12H2,1-2H3;3H,1-2H3,(H,6,7). The Labute approximate surface area is 120 Å². The lowest BCUT2D eigenvalue weighted by Gasteiger charge is -1.99. The molecule has 0 aliphatic rings. The van der Waals surface area contributed by atoms with Gasteiger partial charge in [0.1, 0.15) is 0 Å². The predicted octanol–water partition coefficient (Wildman–Crippen LogP) is 5.96. The second-order valence-electron chi connectivity index (χ2n) is 5.39. The molecule has 0 radical (unpaired) electrons. The summed E-state index contributed by atoms with van der Waals surface area (Å²) in [7, 11) is 0. The number of aliphatic carboxylic acids is 1. The van der Waals surface area contributed by atoms with E-state index in [1.807, 2.05) is 0 Å². The Balaban J connectivity index is 0. The van der Waals surface area contributed by atoms with E-state index in [4.69, 9.17) is 5.11 Å². The smallest absolute Gasteiger partial charge is 0.328 e. The second-order valence-corrected chi connectivity index (χ2v) is 5.39. The first kappa shape index (κ1) is 20.5. The van der Waals surface area contributed by atoms with E-state index in [1.54, 1.807) is 13.8 Å². The first-order valence-corrected chi connectivity index (χ1v) is 7.92. The molecule has 2 nitrogen and oxygen atoms in total. The Morgan fingerprint density at radius 3 is 1.26 bits per heavy atom. The van der Waals surface area contributed by atoms with E-state index >= 15 is 0 Å². The molecule has 0 aliphatic heterocycles. The minimum atomic E-state index is -0.875. The fraction of sp³-hybridized carbons (Fsp3) is 0.824. The van der Waals surface area contributed by atoms with Gasteiger partial charge in [0.25, 0.3) is 0 Å². The van der Waals surface area contributed by atoms with Gasteiger partial charge in [0.05, 0.1) is 0 Å². The van der Waals surface area contributed by atoms with Crippen LogP contribution in [0.25, 0.3) is 0 Å². The Hall–Kier alpha value is -0.790. The van der Waals surface area contributed by atoms with Crippen molar-refractivity contribution in [1.82, 2.24) is 0 Å². The maximum atomic E-state index is 9.73. The highest BCUT2D eigenvalue weighted by molar-refractivity contribution is 5.80. The molecule has 0 saturated heterocycles. The van der Waals surface area contributed by atoms with E-state index < -0.39 is 5.97 Å². The fourth-order valence-electron chi connectivity index (χ4n) is 1.81. The summed E-state index contributed by atoms with van der Waals surface area (Å²) in [5, 5.41) is 8.01. The monoisotopic (exact) mass is 270 g/mol. The van der Waals surface area contributed by atoms with Crippen LogP contribution in [0.5, 0.6) is 0 Å². The number of carboxylic acids is 1. The highest BCUT2D eigenvalue weighted by atomic mass is 16.4. The Bertz CT molecular complexity index is 205. The van der Waals surface area contributed by atoms with Crippen LogP contribution in [0.2, 0.25) is 0 Å². The van der Waals surface area contributed by atoms with Crippen molar-refractivity contribution in [2.75, 3.05) is 0 Å². The lowest BCUT2D eigenvalue weighted by molar-refractivity contribution is -0.131. The van der Waals surface area contributed by atoms with Crippen molar-refractivity contribution >= 4 is 5.97 Å². The van der Waals surface area contributed by atoms with Gasteiger partial charge in [-0.2, -0.15) is 0 Å². The normalized spacial score (nSPS) is 9.47. The Kier molecular flexibility index (Phi) is 18.6. The Morgan fingerprint density at radius 1 is 0.789 bits per heavy atom. The number of rotatable bonds is 10. The number of carbonyl (C=O) groups is 1. The van der Waals surface area contributed by atoms with Crippen LogP contribution in [0, 0.1) is 0 Å². The van der Waals surface area contributed by atoms with Crippen molar-refractivity contribution in [3.8, 4) is 0 Å². The number of allylic oxidation sites excluding steroid dienone is 1. The van der Waals surface area contributed by atoms with Crippen molar-refractivity contribution < 1.29 is 9.90 Å². The molecular weight excluding hydrogens is 236 g/mol. The zero-order valence-corrected chi connectivity index (χ0v) is 13.5. The third kappa shape index (κ3) is 26.7. The summed E-state index contributed by atoms with van der Waals surface area (Å²) >= 11 is 0. The molecule has 0 aromatic heterocycles. The predicted molar refractivity (Wildman–Crippen MR) is 84.6 cm³/mol. The first-order valence-electron chi connectivity index (χ1n) is 7.92. The van der Waals surface area contributed by atoms with Gasteiger partial charge < -0.3 is 5.11 Å². The van der Waals surface area contributed by atoms with Gasteiger partial charge in [-0.15, -0.1) is 0 Å². The van der Waals surface area contributed by atoms with E-state index in [9.17, 15) is 4.79 Å². The molecule has 0 atom stereocenters. The lowest BCUT2D eigenvalue weighted by Crippen LogP contribution is -1.86. The molecule has 0 heterocycles. The number of unbranched alkanes of at least 4 members (excludes halogenated alkanes) is 9. The van der Waals surface area contributed by atoms with Crippen molar-refractivity contribution in [3.63, 3.8) is 0 Å². The molecular formula is C17H34O2. The molecule has 0 aromatic carbocycles. The van der Waals surface area contributed by atoms with Crippen molar-refractivity contribution in [3.05, 3.63) is 11.6 Å². The van der Waals surface area contributed by atoms with E-state index in [0.29, 0.717) is 0 Å². The molecule has 0 bridgehead atoms. The molecule has 0 saturated carbocycles. The van der Waals surface area contributed by atoms with Gasteiger partial charge in [-0.05, 0) is 13.8 Å². The maximum Gasteiger partial charge on any atom is 0.328 e. The zero-order valence-electron chi connectivity index (χ0n) is 13.5. The van der Waals surface area contributed by atoms with E-state index in [2.05, 4.69) is 13.8 Å². The molecule has 0 aliphatic carbocycles. The Morgan fingerprint density at radius 2 is 1.11 bits per heavy atom. The molecule has 114 valence electrons. The van der Waals surface area contributed by atoms with Gasteiger partial charge in [-0.3, -0.25) is 0 Å². The van der Waals surface area contributed by atoms with E-state index in [-0.39, 0.29) is 0 Å². The third-order valence-electron chi connectivity index (χ3n) is 2.87. The highest BCUT2D eigenvalue weighted by Crippen LogP contribution is 2.09. The van der Waals surface area contributed by atoms with Gasteiger partial charge >= 0.3 is 5.97 Å². The van der Waals surface area contributed by atoms with Crippen LogP contribution in [0.15, 0.2) is 11.6 Å². The summed E-state index contributed by atoms with van der Waals surface area (Å²) in [6.07, 6.45) is 15.6. The molecule has 0 unspecified atom stereocenters. The van der Waals surface area contributed by atoms with Crippen LogP contribution in [-0.2, 0) is 4.79 Å². The van der Waals surface area contributed by atoms with Gasteiger partial charge in [0.2, 0.25) is 0 Å². The third-order valence-corrected chi connectivity index (χ3v) is 2.87. The van der Waals surface area contributed by atoms with Gasteiger partial charge in [0, 0.05) is 6.08 Å². The minimum absolute atomic E-state index is 0.813. The van der Waals surface area contributed by atoms with Crippen LogP contribution < -0.4 is 0 Å². The quantitative estimate of drug-likeness (QED) is 0.392. The van der Waals surface area contributed by atoms with Crippen molar-refractivity contribution in [1.29, 1.82) is 0 Å². The van der Waals surface area contributed by atoms with Crippen LogP contribution in [0.1, 0.15) is 91.9 Å². The summed E-state index contributed by atoms with van der Waals surface area (Å²) in [6, 6.07) is 0. The fourth-order valence-corrected chi connectivity index (χ4v) is 1.81.